The second-order valence-corrected chi connectivity index (χ2v) is 12.9. The van der Waals surface area contributed by atoms with E-state index in [2.05, 4.69) is 56.4 Å². The lowest BCUT2D eigenvalue weighted by molar-refractivity contribution is -0.137. The first-order valence-corrected chi connectivity index (χ1v) is 14.7. The molecule has 0 saturated carbocycles. The van der Waals surface area contributed by atoms with Crippen molar-refractivity contribution in [3.8, 4) is 0 Å². The Morgan fingerprint density at radius 3 is 2.23 bits per heavy atom. The lowest BCUT2D eigenvalue weighted by atomic mass is 9.84. The Balaban J connectivity index is 1.89. The number of hydrogen-bond acceptors (Lipinski definition) is 3. The molecule has 5 rings (SSSR count). The molecule has 2 aliphatic rings. The number of hydrogen-bond donors (Lipinski definition) is 0. The van der Waals surface area contributed by atoms with Gasteiger partial charge in [0, 0.05) is 36.9 Å². The maximum atomic E-state index is 13.7. The first kappa shape index (κ1) is 27.2. The number of allylic oxidation sites excluding steroid dienone is 2. The number of nitrogens with zero attached hydrogens (tertiary/aromatic N) is 5. The summed E-state index contributed by atoms with van der Waals surface area (Å²) >= 11 is 0. The van der Waals surface area contributed by atoms with Crippen LogP contribution in [0, 0.1) is 0 Å². The van der Waals surface area contributed by atoms with Crippen LogP contribution in [-0.2, 0) is 11.6 Å². The van der Waals surface area contributed by atoms with Crippen LogP contribution in [0.3, 0.4) is 0 Å². The van der Waals surface area contributed by atoms with Gasteiger partial charge in [-0.05, 0) is 42.0 Å². The van der Waals surface area contributed by atoms with Crippen LogP contribution < -0.4 is 9.68 Å². The largest absolute Gasteiger partial charge is 0.416 e. The van der Waals surface area contributed by atoms with E-state index in [0.717, 1.165) is 34.5 Å². The van der Waals surface area contributed by atoms with Crippen molar-refractivity contribution >= 4 is 30.6 Å². The lowest BCUT2D eigenvalue weighted by Gasteiger charge is -2.40. The molecule has 3 aromatic rings. The highest BCUT2D eigenvalue weighted by atomic mass is 31.2. The number of rotatable bonds is 5. The van der Waals surface area contributed by atoms with Crippen molar-refractivity contribution in [1.29, 1.82) is 0 Å². The van der Waals surface area contributed by atoms with E-state index in [-0.39, 0.29) is 11.1 Å². The molecule has 0 bridgehead atoms. The van der Waals surface area contributed by atoms with Crippen molar-refractivity contribution in [1.82, 2.24) is 4.67 Å². The van der Waals surface area contributed by atoms with Gasteiger partial charge in [0.1, 0.15) is 0 Å². The van der Waals surface area contributed by atoms with Crippen LogP contribution in [0.15, 0.2) is 99.7 Å². The van der Waals surface area contributed by atoms with Gasteiger partial charge in [0.25, 0.3) is 0 Å². The van der Waals surface area contributed by atoms with Crippen LogP contribution >= 0.6 is 7.36 Å². The summed E-state index contributed by atoms with van der Waals surface area (Å²) in [6.07, 6.45) is -2.58. The van der Waals surface area contributed by atoms with Crippen molar-refractivity contribution in [3.63, 3.8) is 0 Å². The Bertz CT molecular complexity index is 1490. The maximum Gasteiger partial charge on any atom is 0.416 e. The molecule has 2 heterocycles. The molecule has 0 spiro atoms. The van der Waals surface area contributed by atoms with E-state index in [9.17, 15) is 13.2 Å². The molecule has 1 unspecified atom stereocenters. The Morgan fingerprint density at radius 1 is 0.923 bits per heavy atom. The molecule has 0 saturated heterocycles. The number of likely N-dealkylation sites (N-methyl/N-ethyl adjacent to an activating group) is 1. The van der Waals surface area contributed by atoms with Crippen LogP contribution in [0.2, 0.25) is 0 Å². The number of alkyl halides is 3. The van der Waals surface area contributed by atoms with Gasteiger partial charge in [-0.2, -0.15) is 18.3 Å². The van der Waals surface area contributed by atoms with Gasteiger partial charge in [0.2, 0.25) is 0 Å². The lowest BCUT2D eigenvalue weighted by Crippen LogP contribution is -2.31. The summed E-state index contributed by atoms with van der Waals surface area (Å²) in [5.74, 6) is 0. The molecule has 9 heteroatoms. The topological polar surface area (TPSA) is 34.4 Å². The van der Waals surface area contributed by atoms with E-state index in [1.165, 1.54) is 11.6 Å². The molecule has 204 valence electrons. The quantitative estimate of drug-likeness (QED) is 0.297. The molecule has 2 aliphatic heterocycles. The summed E-state index contributed by atoms with van der Waals surface area (Å²) in [6, 6.07) is 23.4. The predicted octanol–water partition coefficient (Wildman–Crippen LogP) is 8.86. The highest BCUT2D eigenvalue weighted by Gasteiger charge is 2.49. The molecular weight excluding hydrogens is 518 g/mol. The minimum Gasteiger partial charge on any atom is -0.346 e. The van der Waals surface area contributed by atoms with E-state index < -0.39 is 19.1 Å². The standard InChI is InChI=1S/C30H33F3N5P/c1-6-37(7-2)39(35-23-15-13-14-22(20-23)30(31,32)33)27(21-34-38(39)24-16-9-8-10-17-24)28-29(3,4)25-18-11-12-19-26(25)36(28)5/h8-21H,6-7H2,1-5H3. The minimum atomic E-state index is -4.46. The average Bonchev–Trinajstić information content (AvgIpc) is 3.37. The van der Waals surface area contributed by atoms with Gasteiger partial charge in [-0.3, -0.25) is 0 Å². The van der Waals surface area contributed by atoms with E-state index in [0.29, 0.717) is 13.1 Å². The number of hydrazone groups is 1. The molecule has 0 aliphatic carbocycles. The fraction of sp³-hybridized carbons (Fsp3) is 0.300. The van der Waals surface area contributed by atoms with Crippen molar-refractivity contribution < 1.29 is 13.2 Å². The van der Waals surface area contributed by atoms with Crippen LogP contribution in [0.25, 0.3) is 0 Å². The van der Waals surface area contributed by atoms with Crippen molar-refractivity contribution in [2.75, 3.05) is 29.8 Å². The Hall–Kier alpha value is -3.35. The molecule has 0 aromatic heterocycles. The molecule has 0 fully saturated rings. The van der Waals surface area contributed by atoms with Gasteiger partial charge < -0.3 is 4.90 Å². The smallest absolute Gasteiger partial charge is 0.346 e. The summed E-state index contributed by atoms with van der Waals surface area (Å²) < 4.78 is 50.8. The highest BCUT2D eigenvalue weighted by molar-refractivity contribution is 7.71. The summed E-state index contributed by atoms with van der Waals surface area (Å²) in [5.41, 5.74) is 3.39. The third-order valence-corrected chi connectivity index (χ3v) is 11.2. The van der Waals surface area contributed by atoms with Crippen molar-refractivity contribution in [2.24, 2.45) is 9.85 Å². The fourth-order valence-electron chi connectivity index (χ4n) is 5.76. The van der Waals surface area contributed by atoms with Gasteiger partial charge in [-0.25, -0.2) is 14.2 Å². The molecule has 3 aromatic carbocycles. The van der Waals surface area contributed by atoms with E-state index in [4.69, 9.17) is 9.85 Å². The molecule has 5 nitrogen and oxygen atoms in total. The Labute approximate surface area is 228 Å². The molecule has 39 heavy (non-hydrogen) atoms. The monoisotopic (exact) mass is 551 g/mol. The second kappa shape index (κ2) is 10.00. The van der Waals surface area contributed by atoms with E-state index >= 15 is 0 Å². The minimum absolute atomic E-state index is 0.283. The van der Waals surface area contributed by atoms with Crippen LogP contribution in [-0.4, -0.2) is 31.0 Å². The molecule has 0 radical (unpaired) electrons. The Kier molecular flexibility index (Phi) is 6.98. The second-order valence-electron chi connectivity index (χ2n) is 10.2. The zero-order valence-electron chi connectivity index (χ0n) is 22.8. The van der Waals surface area contributed by atoms with Crippen molar-refractivity contribution in [2.45, 2.75) is 39.3 Å². The predicted molar refractivity (Wildman–Crippen MR) is 156 cm³/mol. The van der Waals surface area contributed by atoms with Crippen molar-refractivity contribution in [3.05, 3.63) is 101 Å². The first-order chi connectivity index (χ1) is 18.6. The number of para-hydroxylation sites is 2. The summed E-state index contributed by atoms with van der Waals surface area (Å²) in [5, 5.41) is 5.89. The van der Waals surface area contributed by atoms with E-state index in [1.807, 2.05) is 53.5 Å². The zero-order chi connectivity index (χ0) is 28.0. The molecule has 0 N–H and O–H groups in total. The highest BCUT2D eigenvalue weighted by Crippen LogP contribution is 2.70. The molecule has 0 amide bonds. The Morgan fingerprint density at radius 2 is 1.59 bits per heavy atom. The van der Waals surface area contributed by atoms with E-state index in [1.54, 1.807) is 6.07 Å². The van der Waals surface area contributed by atoms with Gasteiger partial charge in [-0.15, -0.1) is 0 Å². The van der Waals surface area contributed by atoms with Gasteiger partial charge >= 0.3 is 6.18 Å². The zero-order valence-corrected chi connectivity index (χ0v) is 23.7. The summed E-state index contributed by atoms with van der Waals surface area (Å²) in [7, 11) is -0.896. The average molecular weight is 552 g/mol. The number of fused-ring (bicyclic) bond motifs is 1. The summed E-state index contributed by atoms with van der Waals surface area (Å²) in [4.78, 5) is 2.20. The van der Waals surface area contributed by atoms with Gasteiger partial charge in [0.05, 0.1) is 28.5 Å². The number of benzene rings is 3. The SMILES string of the molecule is CCN(CC)P1(=Nc2cccc(C(F)(F)F)c2)C(=C2N(C)c3ccccc3C2(C)C)C=NN1c1ccccc1. The molecule has 1 atom stereocenters. The van der Waals surface area contributed by atoms with Crippen LogP contribution in [0.4, 0.5) is 30.2 Å². The maximum absolute atomic E-state index is 13.7. The third-order valence-electron chi connectivity index (χ3n) is 7.53. The summed E-state index contributed by atoms with van der Waals surface area (Å²) in [6.45, 7) is 9.81. The number of anilines is 2. The fourth-order valence-corrected chi connectivity index (χ4v) is 9.64. The normalized spacial score (nSPS) is 22.1. The molecular formula is C30H33F3N5P. The first-order valence-electron chi connectivity index (χ1n) is 13.1. The number of halogens is 3. The van der Waals surface area contributed by atoms with Gasteiger partial charge in [0.15, 0.2) is 7.36 Å². The van der Waals surface area contributed by atoms with Crippen LogP contribution in [0.1, 0.15) is 38.8 Å². The van der Waals surface area contributed by atoms with Crippen LogP contribution in [0.5, 0.6) is 0 Å². The van der Waals surface area contributed by atoms with Gasteiger partial charge in [-0.1, -0.05) is 70.2 Å². The third kappa shape index (κ3) is 4.40.